The van der Waals surface area contributed by atoms with E-state index in [9.17, 15) is 14.4 Å². The van der Waals surface area contributed by atoms with E-state index in [2.05, 4.69) is 4.98 Å². The molecule has 7 nitrogen and oxygen atoms in total. The highest BCUT2D eigenvalue weighted by atomic mass is 32.2. The predicted molar refractivity (Wildman–Crippen MR) is 147 cm³/mol. The van der Waals surface area contributed by atoms with Gasteiger partial charge in [0.1, 0.15) is 11.9 Å². The molecule has 38 heavy (non-hydrogen) atoms. The molecule has 0 bridgehead atoms. The second-order valence-corrected chi connectivity index (χ2v) is 11.4. The summed E-state index contributed by atoms with van der Waals surface area (Å²) in [5, 5.41) is -0.00473. The summed E-state index contributed by atoms with van der Waals surface area (Å²) in [6.45, 7) is 2.42. The van der Waals surface area contributed by atoms with Gasteiger partial charge in [-0.05, 0) is 42.3 Å². The van der Waals surface area contributed by atoms with Crippen molar-refractivity contribution in [2.45, 2.75) is 29.7 Å². The molecular formula is C29H24N2O5S2. The van der Waals surface area contributed by atoms with Gasteiger partial charge in [-0.1, -0.05) is 77.2 Å². The summed E-state index contributed by atoms with van der Waals surface area (Å²) >= 11 is 2.35. The maximum Gasteiger partial charge on any atom is 0.305 e. The summed E-state index contributed by atoms with van der Waals surface area (Å²) in [4.78, 5) is 44.4. The van der Waals surface area contributed by atoms with Gasteiger partial charge in [0.05, 0.1) is 23.7 Å². The van der Waals surface area contributed by atoms with Gasteiger partial charge in [-0.2, -0.15) is 0 Å². The molecule has 1 fully saturated rings. The van der Waals surface area contributed by atoms with Crippen LogP contribution in [-0.2, 0) is 16.2 Å². The van der Waals surface area contributed by atoms with Crippen molar-refractivity contribution in [3.8, 4) is 11.5 Å². The first-order valence-corrected chi connectivity index (χ1v) is 13.8. The molecule has 0 spiro atoms. The molecule has 2 amide bonds. The van der Waals surface area contributed by atoms with E-state index in [-0.39, 0.29) is 16.7 Å². The number of para-hydroxylation sites is 1. The van der Waals surface area contributed by atoms with Crippen LogP contribution in [0.5, 0.6) is 11.5 Å². The summed E-state index contributed by atoms with van der Waals surface area (Å²) in [5.41, 5.74) is 3.54. The van der Waals surface area contributed by atoms with E-state index in [0.29, 0.717) is 28.8 Å². The van der Waals surface area contributed by atoms with Crippen LogP contribution in [-0.4, -0.2) is 29.2 Å². The van der Waals surface area contributed by atoms with Gasteiger partial charge in [-0.25, -0.2) is 4.90 Å². The SMILES string of the molecule is COc1cc([C@H]2c3sc(=O)[nH]c3SC3C(=O)N(c4ccccc4)C(=O)C32)ccc1OCc1ccc(C)cc1. The number of aromatic amines is 1. The Hall–Kier alpha value is -3.82. The number of nitrogens with zero attached hydrogens (tertiary/aromatic N) is 1. The Kier molecular flexibility index (Phi) is 6.33. The van der Waals surface area contributed by atoms with Crippen LogP contribution in [0.25, 0.3) is 0 Å². The molecule has 2 aliphatic heterocycles. The molecule has 3 atom stereocenters. The van der Waals surface area contributed by atoms with Gasteiger partial charge in [0, 0.05) is 10.8 Å². The first-order valence-electron chi connectivity index (χ1n) is 12.1. The number of fused-ring (bicyclic) bond motifs is 2. The molecule has 1 saturated heterocycles. The van der Waals surface area contributed by atoms with Crippen molar-refractivity contribution in [2.75, 3.05) is 12.0 Å². The predicted octanol–water partition coefficient (Wildman–Crippen LogP) is 5.13. The normalized spacial score (nSPS) is 20.3. The molecule has 0 radical (unpaired) electrons. The Morgan fingerprint density at radius 3 is 2.42 bits per heavy atom. The van der Waals surface area contributed by atoms with Crippen molar-refractivity contribution in [1.82, 2.24) is 4.98 Å². The monoisotopic (exact) mass is 544 g/mol. The Balaban J connectivity index is 1.37. The average Bonchev–Trinajstić information content (AvgIpc) is 3.42. The maximum absolute atomic E-state index is 13.8. The molecule has 192 valence electrons. The third-order valence-electron chi connectivity index (χ3n) is 6.90. The molecule has 3 heterocycles. The van der Waals surface area contributed by atoms with Crippen LogP contribution in [0, 0.1) is 12.8 Å². The largest absolute Gasteiger partial charge is 0.493 e. The van der Waals surface area contributed by atoms with Crippen LogP contribution < -0.4 is 19.2 Å². The number of anilines is 1. The molecule has 2 aliphatic rings. The maximum atomic E-state index is 13.8. The van der Waals surface area contributed by atoms with Gasteiger partial charge in [0.2, 0.25) is 11.8 Å². The fourth-order valence-electron chi connectivity index (χ4n) is 5.05. The van der Waals surface area contributed by atoms with Crippen LogP contribution in [0.4, 0.5) is 5.69 Å². The van der Waals surface area contributed by atoms with E-state index in [1.807, 2.05) is 55.5 Å². The number of H-pyrrole nitrogens is 1. The molecule has 1 aromatic heterocycles. The molecule has 3 aromatic carbocycles. The number of carbonyl (C=O) groups excluding carboxylic acids is 2. The number of hydrogen-bond donors (Lipinski definition) is 1. The minimum atomic E-state index is -0.657. The molecule has 6 rings (SSSR count). The summed E-state index contributed by atoms with van der Waals surface area (Å²) in [5.74, 6) is -0.592. The highest BCUT2D eigenvalue weighted by molar-refractivity contribution is 8.00. The van der Waals surface area contributed by atoms with Crippen LogP contribution >= 0.6 is 23.1 Å². The molecule has 0 aliphatic carbocycles. The van der Waals surface area contributed by atoms with Crippen molar-refractivity contribution in [3.63, 3.8) is 0 Å². The Morgan fingerprint density at radius 2 is 1.68 bits per heavy atom. The summed E-state index contributed by atoms with van der Waals surface area (Å²) < 4.78 is 11.7. The summed E-state index contributed by atoms with van der Waals surface area (Å²) in [6.07, 6.45) is 0. The molecule has 0 saturated carbocycles. The lowest BCUT2D eigenvalue weighted by molar-refractivity contribution is -0.122. The standard InChI is InChI=1S/C29H24N2O5S2/c1-16-8-10-17(11-9-16)15-36-20-13-12-18(14-21(20)35-2)22-23-25(37-26-24(22)38-29(34)30-26)28(33)31(27(23)32)19-6-4-3-5-7-19/h3-14,22-23,25H,15H2,1-2H3,(H,30,34)/t22-,23?,25?/m1/s1. The zero-order chi connectivity index (χ0) is 26.4. The Bertz CT molecular complexity index is 1580. The number of aryl methyl sites for hydroxylation is 1. The lowest BCUT2D eigenvalue weighted by atomic mass is 9.83. The minimum Gasteiger partial charge on any atom is -0.493 e. The molecule has 2 unspecified atom stereocenters. The number of carbonyl (C=O) groups is 2. The van der Waals surface area contributed by atoms with Crippen molar-refractivity contribution in [3.05, 3.63) is 104 Å². The van der Waals surface area contributed by atoms with Gasteiger partial charge in [0.15, 0.2) is 11.5 Å². The van der Waals surface area contributed by atoms with E-state index in [1.54, 1.807) is 31.4 Å². The lowest BCUT2D eigenvalue weighted by Crippen LogP contribution is -2.32. The molecule has 9 heteroatoms. The fraction of sp³-hybridized carbons (Fsp3) is 0.207. The number of methoxy groups -OCH3 is 1. The number of aromatic nitrogens is 1. The highest BCUT2D eigenvalue weighted by Crippen LogP contribution is 2.53. The highest BCUT2D eigenvalue weighted by Gasteiger charge is 2.56. The number of rotatable bonds is 6. The third kappa shape index (κ3) is 4.21. The Labute approximate surface area is 227 Å². The van der Waals surface area contributed by atoms with E-state index in [1.165, 1.54) is 22.2 Å². The van der Waals surface area contributed by atoms with Crippen LogP contribution in [0.2, 0.25) is 0 Å². The van der Waals surface area contributed by atoms with Crippen LogP contribution in [0.15, 0.2) is 82.6 Å². The average molecular weight is 545 g/mol. The Morgan fingerprint density at radius 1 is 0.921 bits per heavy atom. The smallest absolute Gasteiger partial charge is 0.305 e. The molecule has 1 N–H and O–H groups in total. The zero-order valence-electron chi connectivity index (χ0n) is 20.7. The number of nitrogens with one attached hydrogen (secondary N) is 1. The van der Waals surface area contributed by atoms with Crippen LogP contribution in [0.1, 0.15) is 27.5 Å². The van der Waals surface area contributed by atoms with Gasteiger partial charge < -0.3 is 14.5 Å². The van der Waals surface area contributed by atoms with Crippen molar-refractivity contribution in [1.29, 1.82) is 0 Å². The lowest BCUT2D eigenvalue weighted by Gasteiger charge is -2.30. The number of thiazole rings is 1. The second kappa shape index (κ2) is 9.81. The van der Waals surface area contributed by atoms with Crippen molar-refractivity contribution in [2.24, 2.45) is 5.92 Å². The second-order valence-electron chi connectivity index (χ2n) is 9.28. The topological polar surface area (TPSA) is 88.7 Å². The van der Waals surface area contributed by atoms with Gasteiger partial charge >= 0.3 is 4.87 Å². The van der Waals surface area contributed by atoms with Crippen molar-refractivity contribution < 1.29 is 19.1 Å². The number of amides is 2. The molecule has 4 aromatic rings. The summed E-state index contributed by atoms with van der Waals surface area (Å²) in [6, 6.07) is 22.6. The number of thioether (sulfide) groups is 1. The van der Waals surface area contributed by atoms with Gasteiger partial charge in [-0.15, -0.1) is 0 Å². The molecular weight excluding hydrogens is 520 g/mol. The van der Waals surface area contributed by atoms with Crippen molar-refractivity contribution >= 4 is 40.6 Å². The fourth-order valence-corrected chi connectivity index (χ4v) is 7.57. The van der Waals surface area contributed by atoms with Crippen LogP contribution in [0.3, 0.4) is 0 Å². The van der Waals surface area contributed by atoms with E-state index in [0.717, 1.165) is 27.3 Å². The number of benzene rings is 3. The minimum absolute atomic E-state index is 0.211. The van der Waals surface area contributed by atoms with E-state index >= 15 is 0 Å². The van der Waals surface area contributed by atoms with E-state index < -0.39 is 17.1 Å². The first-order chi connectivity index (χ1) is 18.4. The summed E-state index contributed by atoms with van der Waals surface area (Å²) in [7, 11) is 1.57. The van der Waals surface area contributed by atoms with Gasteiger partial charge in [0.25, 0.3) is 0 Å². The first kappa shape index (κ1) is 24.5. The number of imide groups is 1. The number of ether oxygens (including phenoxy) is 2. The third-order valence-corrected chi connectivity index (χ3v) is 9.30. The number of hydrogen-bond acceptors (Lipinski definition) is 7. The van der Waals surface area contributed by atoms with E-state index in [4.69, 9.17) is 9.47 Å². The quantitative estimate of drug-likeness (QED) is 0.339. The zero-order valence-corrected chi connectivity index (χ0v) is 22.3. The van der Waals surface area contributed by atoms with Gasteiger partial charge in [-0.3, -0.25) is 14.4 Å².